The Hall–Kier alpha value is -3.29. The van der Waals surface area contributed by atoms with Crippen molar-refractivity contribution in [3.63, 3.8) is 0 Å². The predicted octanol–water partition coefficient (Wildman–Crippen LogP) is 1.56. The van der Waals surface area contributed by atoms with Gasteiger partial charge in [-0.15, -0.1) is 0 Å². The number of hydrogen-bond acceptors (Lipinski definition) is 5. The van der Waals surface area contributed by atoms with E-state index in [-0.39, 0.29) is 11.9 Å². The van der Waals surface area contributed by atoms with Gasteiger partial charge in [0.1, 0.15) is 11.6 Å². The van der Waals surface area contributed by atoms with Crippen LogP contribution >= 0.6 is 0 Å². The lowest BCUT2D eigenvalue weighted by atomic mass is 10.2. The van der Waals surface area contributed by atoms with Crippen LogP contribution < -0.4 is 20.7 Å². The summed E-state index contributed by atoms with van der Waals surface area (Å²) in [5.74, 6) is 1.99. The Labute approximate surface area is 165 Å². The zero-order valence-corrected chi connectivity index (χ0v) is 16.0. The highest BCUT2D eigenvalue weighted by atomic mass is 16.5. The lowest BCUT2D eigenvalue weighted by molar-refractivity contribution is -0.131. The zero-order chi connectivity index (χ0) is 19.8. The molecule has 1 aliphatic heterocycles. The summed E-state index contributed by atoms with van der Waals surface area (Å²) in [7, 11) is 1.60. The third-order valence-electron chi connectivity index (χ3n) is 4.58. The van der Waals surface area contributed by atoms with Crippen LogP contribution in [-0.2, 0) is 4.79 Å². The molecule has 2 heterocycles. The molecule has 0 bridgehead atoms. The van der Waals surface area contributed by atoms with E-state index in [2.05, 4.69) is 20.2 Å². The Morgan fingerprint density at radius 1 is 1.18 bits per heavy atom. The van der Waals surface area contributed by atoms with Gasteiger partial charge in [-0.25, -0.2) is 4.98 Å². The highest BCUT2D eigenvalue weighted by molar-refractivity contribution is 5.93. The van der Waals surface area contributed by atoms with Crippen molar-refractivity contribution in [3.05, 3.63) is 48.7 Å². The molecular weight excluding hydrogens is 356 g/mol. The molecule has 0 unspecified atom stereocenters. The number of benzene rings is 1. The van der Waals surface area contributed by atoms with Crippen LogP contribution in [-0.4, -0.2) is 61.6 Å². The monoisotopic (exact) mass is 382 g/mol. The number of hydrogen-bond donors (Lipinski definition) is 2. The number of pyridine rings is 1. The van der Waals surface area contributed by atoms with E-state index in [1.807, 2.05) is 47.4 Å². The third-order valence-corrected chi connectivity index (χ3v) is 4.58. The summed E-state index contributed by atoms with van der Waals surface area (Å²) < 4.78 is 5.27. The number of aliphatic imine (C=N–C) groups is 1. The lowest BCUT2D eigenvalue weighted by Gasteiger charge is -2.35. The van der Waals surface area contributed by atoms with Gasteiger partial charge in [0, 0.05) is 38.8 Å². The van der Waals surface area contributed by atoms with Gasteiger partial charge in [-0.1, -0.05) is 18.2 Å². The third kappa shape index (κ3) is 5.12. The van der Waals surface area contributed by atoms with Crippen LogP contribution in [0.2, 0.25) is 0 Å². The number of ether oxygens (including phenoxy) is 1. The second-order valence-electron chi connectivity index (χ2n) is 6.40. The number of anilines is 2. The van der Waals surface area contributed by atoms with Crippen molar-refractivity contribution in [3.8, 4) is 5.75 Å². The maximum atomic E-state index is 12.4. The fourth-order valence-electron chi connectivity index (χ4n) is 3.08. The van der Waals surface area contributed by atoms with Crippen LogP contribution in [0.5, 0.6) is 5.75 Å². The number of para-hydroxylation sites is 2. The normalized spacial score (nSPS) is 14.7. The maximum absolute atomic E-state index is 12.4. The standard InChI is InChI=1S/C20H26N6O2/c1-28-17-7-3-2-6-16(17)24-20(21)23-11-9-19(27)26-14-12-25(13-15-26)18-8-4-5-10-22-18/h2-8,10H,9,11-15H2,1H3,(H3,21,23,24). The quantitative estimate of drug-likeness (QED) is 0.581. The van der Waals surface area contributed by atoms with Crippen LogP contribution in [0.25, 0.3) is 0 Å². The summed E-state index contributed by atoms with van der Waals surface area (Å²) in [5, 5.41) is 3.00. The number of guanidine groups is 1. The summed E-state index contributed by atoms with van der Waals surface area (Å²) in [4.78, 5) is 25.1. The molecule has 148 valence electrons. The molecule has 1 aliphatic rings. The Morgan fingerprint density at radius 3 is 2.64 bits per heavy atom. The Kier molecular flexibility index (Phi) is 6.67. The first-order chi connectivity index (χ1) is 13.7. The van der Waals surface area contributed by atoms with Gasteiger partial charge in [0.05, 0.1) is 19.3 Å². The number of rotatable bonds is 6. The number of aromatic nitrogens is 1. The molecule has 8 nitrogen and oxygen atoms in total. The molecule has 1 aromatic carbocycles. The highest BCUT2D eigenvalue weighted by Gasteiger charge is 2.21. The van der Waals surface area contributed by atoms with E-state index in [0.717, 1.165) is 24.6 Å². The van der Waals surface area contributed by atoms with Gasteiger partial charge in [0.25, 0.3) is 0 Å². The van der Waals surface area contributed by atoms with Crippen LogP contribution in [0.1, 0.15) is 6.42 Å². The van der Waals surface area contributed by atoms with Gasteiger partial charge in [-0.2, -0.15) is 0 Å². The Bertz CT molecular complexity index is 803. The van der Waals surface area contributed by atoms with Gasteiger partial charge >= 0.3 is 0 Å². The van der Waals surface area contributed by atoms with Crippen molar-refractivity contribution in [2.24, 2.45) is 10.7 Å². The molecule has 1 fully saturated rings. The van der Waals surface area contributed by atoms with Gasteiger partial charge < -0.3 is 25.6 Å². The topological polar surface area (TPSA) is 96.1 Å². The minimum absolute atomic E-state index is 0.0921. The first-order valence-corrected chi connectivity index (χ1v) is 9.31. The molecule has 3 N–H and O–H groups in total. The summed E-state index contributed by atoms with van der Waals surface area (Å²) >= 11 is 0. The molecule has 28 heavy (non-hydrogen) atoms. The van der Waals surface area contributed by atoms with Crippen LogP contribution in [0.4, 0.5) is 11.5 Å². The molecule has 0 aliphatic carbocycles. The van der Waals surface area contributed by atoms with Gasteiger partial charge in [0.15, 0.2) is 5.96 Å². The van der Waals surface area contributed by atoms with E-state index < -0.39 is 0 Å². The van der Waals surface area contributed by atoms with Crippen LogP contribution in [0.15, 0.2) is 53.7 Å². The molecule has 1 aromatic heterocycles. The first-order valence-electron chi connectivity index (χ1n) is 9.31. The van der Waals surface area contributed by atoms with Crippen molar-refractivity contribution < 1.29 is 9.53 Å². The number of carbonyl (C=O) groups excluding carboxylic acids is 1. The highest BCUT2D eigenvalue weighted by Crippen LogP contribution is 2.22. The van der Waals surface area contributed by atoms with Crippen LogP contribution in [0, 0.1) is 0 Å². The molecule has 8 heteroatoms. The number of piperazine rings is 1. The molecule has 3 rings (SSSR count). The largest absolute Gasteiger partial charge is 0.495 e. The maximum Gasteiger partial charge on any atom is 0.224 e. The first kappa shape index (κ1) is 19.5. The molecule has 0 saturated carbocycles. The van der Waals surface area contributed by atoms with Gasteiger partial charge in [0.2, 0.25) is 5.91 Å². The minimum Gasteiger partial charge on any atom is -0.495 e. The van der Waals surface area contributed by atoms with Crippen molar-refractivity contribution in [1.29, 1.82) is 0 Å². The molecular formula is C20H26N6O2. The van der Waals surface area contributed by atoms with Gasteiger partial charge in [-0.05, 0) is 24.3 Å². The predicted molar refractivity (Wildman–Crippen MR) is 111 cm³/mol. The van der Waals surface area contributed by atoms with E-state index in [4.69, 9.17) is 10.5 Å². The number of carbonyl (C=O) groups is 1. The van der Waals surface area contributed by atoms with E-state index in [0.29, 0.717) is 31.8 Å². The van der Waals surface area contributed by atoms with Gasteiger partial charge in [-0.3, -0.25) is 9.79 Å². The summed E-state index contributed by atoms with van der Waals surface area (Å²) in [6.45, 7) is 3.28. The number of nitrogens with one attached hydrogen (secondary N) is 1. The molecule has 0 radical (unpaired) electrons. The Morgan fingerprint density at radius 2 is 1.93 bits per heavy atom. The second-order valence-corrected chi connectivity index (χ2v) is 6.40. The lowest BCUT2D eigenvalue weighted by Crippen LogP contribution is -2.49. The van der Waals surface area contributed by atoms with Crippen LogP contribution in [0.3, 0.4) is 0 Å². The number of nitrogens with two attached hydrogens (primary N) is 1. The summed E-state index contributed by atoms with van der Waals surface area (Å²) in [5.41, 5.74) is 6.66. The fourth-order valence-corrected chi connectivity index (χ4v) is 3.08. The SMILES string of the molecule is COc1ccccc1NC(N)=NCCC(=O)N1CCN(c2ccccn2)CC1. The molecule has 0 spiro atoms. The summed E-state index contributed by atoms with van der Waals surface area (Å²) in [6, 6.07) is 13.3. The average molecular weight is 382 g/mol. The van der Waals surface area contributed by atoms with E-state index in [9.17, 15) is 4.79 Å². The van der Waals surface area contributed by atoms with Crippen molar-refractivity contribution in [2.45, 2.75) is 6.42 Å². The molecule has 2 aromatic rings. The fraction of sp³-hybridized carbons (Fsp3) is 0.350. The second kappa shape index (κ2) is 9.59. The zero-order valence-electron chi connectivity index (χ0n) is 16.0. The molecule has 1 saturated heterocycles. The minimum atomic E-state index is 0.0921. The molecule has 1 amide bonds. The molecule has 0 atom stereocenters. The van der Waals surface area contributed by atoms with Crippen molar-refractivity contribution in [1.82, 2.24) is 9.88 Å². The average Bonchev–Trinajstić information content (AvgIpc) is 2.75. The smallest absolute Gasteiger partial charge is 0.224 e. The van der Waals surface area contributed by atoms with Crippen molar-refractivity contribution >= 4 is 23.4 Å². The van der Waals surface area contributed by atoms with E-state index in [1.165, 1.54) is 0 Å². The number of amides is 1. The van der Waals surface area contributed by atoms with E-state index >= 15 is 0 Å². The summed E-state index contributed by atoms with van der Waals surface area (Å²) in [6.07, 6.45) is 2.12. The van der Waals surface area contributed by atoms with Crippen molar-refractivity contribution in [2.75, 3.05) is 50.1 Å². The van der Waals surface area contributed by atoms with E-state index in [1.54, 1.807) is 13.3 Å². The number of methoxy groups -OCH3 is 1. The number of nitrogens with zero attached hydrogens (tertiary/aromatic N) is 4. The Balaban J connectivity index is 1.43.